The molecule has 0 N–H and O–H groups in total. The summed E-state index contributed by atoms with van der Waals surface area (Å²) in [6.07, 6.45) is 5.02. The summed E-state index contributed by atoms with van der Waals surface area (Å²) in [5.41, 5.74) is 2.24. The van der Waals surface area contributed by atoms with Gasteiger partial charge in [0.25, 0.3) is 0 Å². The standard InChI is InChI=1S/C20H21Cl3N2S/c1-24-8-3-2-4-15(24)7-9-25-17-6-5-13(21)11-18(17)26-19-12-14(22)10-16(23)20(19)25/h5-6,10-12,15H,2-4,7-9H2,1H3. The Morgan fingerprint density at radius 3 is 2.65 bits per heavy atom. The van der Waals surface area contributed by atoms with Crippen LogP contribution in [0.2, 0.25) is 15.1 Å². The number of nitrogens with zero attached hydrogens (tertiary/aromatic N) is 2. The van der Waals surface area contributed by atoms with Crippen molar-refractivity contribution >= 4 is 57.9 Å². The van der Waals surface area contributed by atoms with Crippen LogP contribution in [0.5, 0.6) is 0 Å². The van der Waals surface area contributed by atoms with Crippen LogP contribution >= 0.6 is 46.6 Å². The molecule has 0 radical (unpaired) electrons. The Kier molecular flexibility index (Phi) is 5.64. The summed E-state index contributed by atoms with van der Waals surface area (Å²) in [4.78, 5) is 7.09. The lowest BCUT2D eigenvalue weighted by Gasteiger charge is -2.37. The summed E-state index contributed by atoms with van der Waals surface area (Å²) in [7, 11) is 2.24. The average molecular weight is 428 g/mol. The number of halogens is 3. The Morgan fingerprint density at radius 1 is 1.04 bits per heavy atom. The summed E-state index contributed by atoms with van der Waals surface area (Å²) in [5.74, 6) is 0. The van der Waals surface area contributed by atoms with Gasteiger partial charge in [0.1, 0.15) is 0 Å². The molecule has 2 aromatic rings. The molecule has 0 amide bonds. The highest BCUT2D eigenvalue weighted by Crippen LogP contribution is 2.52. The second-order valence-electron chi connectivity index (χ2n) is 7.02. The van der Waals surface area contributed by atoms with E-state index < -0.39 is 0 Å². The van der Waals surface area contributed by atoms with E-state index in [1.54, 1.807) is 11.8 Å². The third-order valence-corrected chi connectivity index (χ3v) is 7.12. The zero-order chi connectivity index (χ0) is 18.3. The zero-order valence-electron chi connectivity index (χ0n) is 14.6. The van der Waals surface area contributed by atoms with Crippen LogP contribution in [0.3, 0.4) is 0 Å². The fourth-order valence-electron chi connectivity index (χ4n) is 3.93. The average Bonchev–Trinajstić information content (AvgIpc) is 2.59. The molecular formula is C20H21Cl3N2S. The second kappa shape index (κ2) is 7.81. The van der Waals surface area contributed by atoms with Crippen LogP contribution < -0.4 is 4.90 Å². The van der Waals surface area contributed by atoms with Crippen molar-refractivity contribution in [2.24, 2.45) is 0 Å². The third-order valence-electron chi connectivity index (χ3n) is 5.30. The molecule has 138 valence electrons. The monoisotopic (exact) mass is 426 g/mol. The highest BCUT2D eigenvalue weighted by Gasteiger charge is 2.28. The first-order chi connectivity index (χ1) is 12.5. The van der Waals surface area contributed by atoms with E-state index in [9.17, 15) is 0 Å². The predicted octanol–water partition coefficient (Wildman–Crippen LogP) is 7.12. The highest BCUT2D eigenvalue weighted by molar-refractivity contribution is 7.99. The number of rotatable bonds is 3. The molecule has 2 aromatic carbocycles. The van der Waals surface area contributed by atoms with E-state index in [0.717, 1.165) is 33.5 Å². The molecule has 1 atom stereocenters. The molecule has 4 rings (SSSR count). The maximum atomic E-state index is 6.61. The molecule has 0 spiro atoms. The summed E-state index contributed by atoms with van der Waals surface area (Å²) >= 11 is 20.8. The van der Waals surface area contributed by atoms with E-state index >= 15 is 0 Å². The third kappa shape index (κ3) is 3.70. The maximum absolute atomic E-state index is 6.61. The van der Waals surface area contributed by atoms with Crippen molar-refractivity contribution in [2.75, 3.05) is 25.0 Å². The van der Waals surface area contributed by atoms with Gasteiger partial charge in [-0.25, -0.2) is 0 Å². The molecule has 0 aliphatic carbocycles. The molecule has 26 heavy (non-hydrogen) atoms. The van der Waals surface area contributed by atoms with Gasteiger partial charge in [0.2, 0.25) is 0 Å². The number of likely N-dealkylation sites (tertiary alicyclic amines) is 1. The highest BCUT2D eigenvalue weighted by atomic mass is 35.5. The van der Waals surface area contributed by atoms with Gasteiger partial charge in [-0.15, -0.1) is 0 Å². The number of hydrogen-bond acceptors (Lipinski definition) is 3. The first-order valence-corrected chi connectivity index (χ1v) is 10.9. The predicted molar refractivity (Wildman–Crippen MR) is 114 cm³/mol. The zero-order valence-corrected chi connectivity index (χ0v) is 17.7. The van der Waals surface area contributed by atoms with Crippen LogP contribution in [0.4, 0.5) is 11.4 Å². The van der Waals surface area contributed by atoms with E-state index in [-0.39, 0.29) is 0 Å². The van der Waals surface area contributed by atoms with Crippen LogP contribution in [0.1, 0.15) is 25.7 Å². The topological polar surface area (TPSA) is 6.48 Å². The summed E-state index contributed by atoms with van der Waals surface area (Å²) in [5, 5.41) is 2.12. The molecule has 0 bridgehead atoms. The van der Waals surface area contributed by atoms with E-state index in [2.05, 4.69) is 22.9 Å². The fourth-order valence-corrected chi connectivity index (χ4v) is 6.09. The Morgan fingerprint density at radius 2 is 1.85 bits per heavy atom. The molecule has 1 fully saturated rings. The van der Waals surface area contributed by atoms with Gasteiger partial charge >= 0.3 is 0 Å². The van der Waals surface area contributed by atoms with E-state index in [0.29, 0.717) is 16.1 Å². The summed E-state index contributed by atoms with van der Waals surface area (Å²) < 4.78 is 0. The lowest BCUT2D eigenvalue weighted by atomic mass is 9.99. The minimum absolute atomic E-state index is 0.628. The van der Waals surface area contributed by atoms with E-state index in [1.165, 1.54) is 31.5 Å². The van der Waals surface area contributed by atoms with Gasteiger partial charge in [0.15, 0.2) is 0 Å². The van der Waals surface area contributed by atoms with Crippen molar-refractivity contribution in [1.29, 1.82) is 0 Å². The quantitative estimate of drug-likeness (QED) is 0.514. The van der Waals surface area contributed by atoms with Gasteiger partial charge in [-0.2, -0.15) is 0 Å². The van der Waals surface area contributed by atoms with E-state index in [4.69, 9.17) is 34.8 Å². The van der Waals surface area contributed by atoms with Crippen LogP contribution in [0.15, 0.2) is 40.1 Å². The largest absolute Gasteiger partial charge is 0.338 e. The van der Waals surface area contributed by atoms with Crippen LogP contribution in [0, 0.1) is 0 Å². The Hall–Kier alpha value is -0.580. The van der Waals surface area contributed by atoms with Crippen LogP contribution in [-0.2, 0) is 0 Å². The smallest absolute Gasteiger partial charge is 0.0743 e. The number of hydrogen-bond donors (Lipinski definition) is 0. The molecule has 0 aromatic heterocycles. The minimum atomic E-state index is 0.628. The number of fused-ring (bicyclic) bond motifs is 2. The van der Waals surface area contributed by atoms with Crippen molar-refractivity contribution in [1.82, 2.24) is 4.90 Å². The van der Waals surface area contributed by atoms with Gasteiger partial charge in [-0.3, -0.25) is 0 Å². The van der Waals surface area contributed by atoms with Gasteiger partial charge in [0, 0.05) is 32.4 Å². The van der Waals surface area contributed by atoms with Crippen LogP contribution in [-0.4, -0.2) is 31.1 Å². The minimum Gasteiger partial charge on any atom is -0.338 e. The molecule has 2 nitrogen and oxygen atoms in total. The van der Waals surface area contributed by atoms with Crippen molar-refractivity contribution < 1.29 is 0 Å². The molecule has 1 unspecified atom stereocenters. The first kappa shape index (κ1) is 18.8. The van der Waals surface area contributed by atoms with E-state index in [1.807, 2.05) is 24.3 Å². The fraction of sp³-hybridized carbons (Fsp3) is 0.400. The number of piperidine rings is 1. The molecule has 2 aliphatic rings. The second-order valence-corrected chi connectivity index (χ2v) is 9.38. The molecule has 1 saturated heterocycles. The molecule has 6 heteroatoms. The van der Waals surface area contributed by atoms with Gasteiger partial charge in [-0.05, 0) is 63.2 Å². The lowest BCUT2D eigenvalue weighted by Crippen LogP contribution is -2.38. The van der Waals surface area contributed by atoms with Crippen molar-refractivity contribution in [2.45, 2.75) is 41.5 Å². The molecule has 0 saturated carbocycles. The maximum Gasteiger partial charge on any atom is 0.0743 e. The van der Waals surface area contributed by atoms with Crippen molar-refractivity contribution in [3.63, 3.8) is 0 Å². The summed E-state index contributed by atoms with van der Waals surface area (Å²) in [6.45, 7) is 2.12. The molecule has 2 heterocycles. The Labute approximate surface area is 174 Å². The Bertz CT molecular complexity index is 827. The van der Waals surface area contributed by atoms with Gasteiger partial charge < -0.3 is 9.80 Å². The lowest BCUT2D eigenvalue weighted by molar-refractivity contribution is 0.178. The SMILES string of the molecule is CN1CCCCC1CCN1c2ccc(Cl)cc2Sc2cc(Cl)cc(Cl)c21. The molecular weight excluding hydrogens is 407 g/mol. The van der Waals surface area contributed by atoms with Gasteiger partial charge in [0.05, 0.1) is 16.4 Å². The van der Waals surface area contributed by atoms with Crippen molar-refractivity contribution in [3.05, 3.63) is 45.4 Å². The normalized spacial score (nSPS) is 20.0. The number of anilines is 2. The number of benzene rings is 2. The van der Waals surface area contributed by atoms with Crippen LogP contribution in [0.25, 0.3) is 0 Å². The summed E-state index contributed by atoms with van der Waals surface area (Å²) in [6, 6.07) is 10.5. The first-order valence-electron chi connectivity index (χ1n) is 8.97. The Balaban J connectivity index is 1.68. The molecule has 2 aliphatic heterocycles. The van der Waals surface area contributed by atoms with Crippen molar-refractivity contribution in [3.8, 4) is 0 Å². The van der Waals surface area contributed by atoms with Gasteiger partial charge in [-0.1, -0.05) is 53.0 Å².